The standard InChI is InChI=1S/C6H6ClN3O2/c7-2-1-3-10-4-8-5(9-10)6(11)12/h1-2,4H,3H2,(H,11,12)/b2-1+. The fourth-order valence-electron chi connectivity index (χ4n) is 0.628. The first-order valence-electron chi connectivity index (χ1n) is 3.12. The first-order chi connectivity index (χ1) is 5.74. The van der Waals surface area contributed by atoms with Crippen molar-refractivity contribution >= 4 is 17.6 Å². The second-order valence-corrected chi connectivity index (χ2v) is 2.21. The second kappa shape index (κ2) is 3.87. The van der Waals surface area contributed by atoms with Crippen LogP contribution in [0.5, 0.6) is 0 Å². The molecule has 1 N–H and O–H groups in total. The van der Waals surface area contributed by atoms with Gasteiger partial charge >= 0.3 is 5.97 Å². The molecule has 1 aromatic rings. The molecule has 0 aliphatic carbocycles. The summed E-state index contributed by atoms with van der Waals surface area (Å²) in [4.78, 5) is 13.8. The molecule has 1 aromatic heterocycles. The number of aromatic nitrogens is 3. The first kappa shape index (κ1) is 8.73. The van der Waals surface area contributed by atoms with E-state index >= 15 is 0 Å². The SMILES string of the molecule is O=C(O)c1ncn(C/C=C/Cl)n1. The molecule has 0 unspecified atom stereocenters. The molecule has 6 heteroatoms. The van der Waals surface area contributed by atoms with E-state index in [0.29, 0.717) is 6.54 Å². The fourth-order valence-corrected chi connectivity index (χ4v) is 0.708. The van der Waals surface area contributed by atoms with E-state index in [-0.39, 0.29) is 5.82 Å². The highest BCUT2D eigenvalue weighted by Crippen LogP contribution is 1.90. The maximum Gasteiger partial charge on any atom is 0.375 e. The highest BCUT2D eigenvalue weighted by Gasteiger charge is 2.07. The predicted molar refractivity (Wildman–Crippen MR) is 42.0 cm³/mol. The van der Waals surface area contributed by atoms with E-state index in [2.05, 4.69) is 10.1 Å². The van der Waals surface area contributed by atoms with Gasteiger partial charge in [-0.15, -0.1) is 5.10 Å². The summed E-state index contributed by atoms with van der Waals surface area (Å²) in [6, 6.07) is 0. The van der Waals surface area contributed by atoms with Gasteiger partial charge in [0.05, 0.1) is 6.54 Å². The number of carboxylic acid groups (broad SMARTS) is 1. The lowest BCUT2D eigenvalue weighted by atomic mass is 10.6. The Kier molecular flexibility index (Phi) is 2.82. The molecule has 1 heterocycles. The van der Waals surface area contributed by atoms with E-state index in [4.69, 9.17) is 16.7 Å². The minimum Gasteiger partial charge on any atom is -0.475 e. The molecule has 0 aliphatic heterocycles. The molecule has 0 amide bonds. The molecular weight excluding hydrogens is 182 g/mol. The fraction of sp³-hybridized carbons (Fsp3) is 0.167. The molecule has 0 saturated carbocycles. The number of nitrogens with zero attached hydrogens (tertiary/aromatic N) is 3. The third-order valence-electron chi connectivity index (χ3n) is 1.11. The van der Waals surface area contributed by atoms with Crippen LogP contribution in [-0.4, -0.2) is 25.8 Å². The van der Waals surface area contributed by atoms with Crippen LogP contribution in [0, 0.1) is 0 Å². The lowest BCUT2D eigenvalue weighted by Crippen LogP contribution is -2.02. The highest BCUT2D eigenvalue weighted by atomic mass is 35.5. The maximum atomic E-state index is 10.3. The molecule has 0 aliphatic rings. The Labute approximate surface area is 73.3 Å². The zero-order chi connectivity index (χ0) is 8.97. The highest BCUT2D eigenvalue weighted by molar-refractivity contribution is 6.25. The summed E-state index contributed by atoms with van der Waals surface area (Å²) < 4.78 is 1.38. The van der Waals surface area contributed by atoms with Crippen molar-refractivity contribution in [1.82, 2.24) is 14.8 Å². The largest absolute Gasteiger partial charge is 0.475 e. The minimum absolute atomic E-state index is 0.210. The average Bonchev–Trinajstić information content (AvgIpc) is 2.48. The summed E-state index contributed by atoms with van der Waals surface area (Å²) in [5, 5.41) is 12.1. The van der Waals surface area contributed by atoms with Crippen LogP contribution in [0.4, 0.5) is 0 Å². The Morgan fingerprint density at radius 2 is 2.58 bits per heavy atom. The maximum absolute atomic E-state index is 10.3. The van der Waals surface area contributed by atoms with Gasteiger partial charge in [-0.2, -0.15) is 0 Å². The van der Waals surface area contributed by atoms with Gasteiger partial charge in [0.15, 0.2) is 0 Å². The Hall–Kier alpha value is -1.36. The van der Waals surface area contributed by atoms with Crippen LogP contribution < -0.4 is 0 Å². The predicted octanol–water partition coefficient (Wildman–Crippen LogP) is 0.729. The van der Waals surface area contributed by atoms with Crippen molar-refractivity contribution in [2.24, 2.45) is 0 Å². The molecule has 0 saturated heterocycles. The summed E-state index contributed by atoms with van der Waals surface area (Å²) >= 11 is 5.26. The first-order valence-corrected chi connectivity index (χ1v) is 3.55. The van der Waals surface area contributed by atoms with Crippen molar-refractivity contribution in [3.05, 3.63) is 23.8 Å². The quantitative estimate of drug-likeness (QED) is 0.758. The van der Waals surface area contributed by atoms with Gasteiger partial charge in [-0.25, -0.2) is 14.5 Å². The topological polar surface area (TPSA) is 68.0 Å². The Morgan fingerprint density at radius 1 is 1.83 bits per heavy atom. The van der Waals surface area contributed by atoms with Crippen molar-refractivity contribution in [3.8, 4) is 0 Å². The summed E-state index contributed by atoms with van der Waals surface area (Å²) in [7, 11) is 0. The zero-order valence-electron chi connectivity index (χ0n) is 6.01. The second-order valence-electron chi connectivity index (χ2n) is 1.96. The number of carbonyl (C=O) groups is 1. The Balaban J connectivity index is 2.70. The molecule has 0 fully saturated rings. The molecule has 0 bridgehead atoms. The zero-order valence-corrected chi connectivity index (χ0v) is 6.77. The number of rotatable bonds is 3. The molecular formula is C6H6ClN3O2. The monoisotopic (exact) mass is 187 g/mol. The average molecular weight is 188 g/mol. The molecule has 64 valence electrons. The van der Waals surface area contributed by atoms with Crippen LogP contribution in [0.1, 0.15) is 10.6 Å². The van der Waals surface area contributed by atoms with Crippen molar-refractivity contribution in [1.29, 1.82) is 0 Å². The van der Waals surface area contributed by atoms with E-state index in [1.165, 1.54) is 16.5 Å². The van der Waals surface area contributed by atoms with E-state index in [0.717, 1.165) is 0 Å². The number of allylic oxidation sites excluding steroid dienone is 1. The van der Waals surface area contributed by atoms with Gasteiger partial charge in [-0.05, 0) is 0 Å². The van der Waals surface area contributed by atoms with Gasteiger partial charge < -0.3 is 5.11 Å². The number of halogens is 1. The van der Waals surface area contributed by atoms with Crippen LogP contribution in [0.25, 0.3) is 0 Å². The van der Waals surface area contributed by atoms with Gasteiger partial charge in [0.2, 0.25) is 0 Å². The van der Waals surface area contributed by atoms with E-state index < -0.39 is 5.97 Å². The molecule has 12 heavy (non-hydrogen) atoms. The molecule has 0 atom stereocenters. The minimum atomic E-state index is -1.14. The number of hydrogen-bond acceptors (Lipinski definition) is 3. The molecule has 5 nitrogen and oxygen atoms in total. The summed E-state index contributed by atoms with van der Waals surface area (Å²) in [5.41, 5.74) is 1.34. The van der Waals surface area contributed by atoms with Crippen molar-refractivity contribution < 1.29 is 9.90 Å². The number of aromatic carboxylic acids is 1. The van der Waals surface area contributed by atoms with E-state index in [1.807, 2.05) is 0 Å². The summed E-state index contributed by atoms with van der Waals surface area (Å²) in [6.07, 6.45) is 2.96. The van der Waals surface area contributed by atoms with E-state index in [1.54, 1.807) is 6.08 Å². The smallest absolute Gasteiger partial charge is 0.375 e. The third-order valence-corrected chi connectivity index (χ3v) is 1.29. The number of carboxylic acids is 1. The number of hydrogen-bond donors (Lipinski definition) is 1. The van der Waals surface area contributed by atoms with Gasteiger partial charge in [0, 0.05) is 5.54 Å². The molecule has 0 aromatic carbocycles. The van der Waals surface area contributed by atoms with Crippen molar-refractivity contribution in [2.45, 2.75) is 6.54 Å². The summed E-state index contributed by atoms with van der Waals surface area (Å²) in [5.74, 6) is -1.35. The summed E-state index contributed by atoms with van der Waals surface area (Å²) in [6.45, 7) is 0.420. The van der Waals surface area contributed by atoms with Gasteiger partial charge in [-0.1, -0.05) is 17.7 Å². The van der Waals surface area contributed by atoms with Crippen LogP contribution in [0.15, 0.2) is 17.9 Å². The Bertz CT molecular complexity index is 307. The lowest BCUT2D eigenvalue weighted by Gasteiger charge is -1.89. The van der Waals surface area contributed by atoms with Crippen LogP contribution >= 0.6 is 11.6 Å². The molecule has 1 rings (SSSR count). The molecule has 0 spiro atoms. The van der Waals surface area contributed by atoms with Crippen molar-refractivity contribution in [2.75, 3.05) is 0 Å². The van der Waals surface area contributed by atoms with Crippen LogP contribution in [0.3, 0.4) is 0 Å². The van der Waals surface area contributed by atoms with Crippen LogP contribution in [0.2, 0.25) is 0 Å². The van der Waals surface area contributed by atoms with Crippen LogP contribution in [-0.2, 0) is 6.54 Å². The Morgan fingerprint density at radius 3 is 3.08 bits per heavy atom. The third kappa shape index (κ3) is 2.06. The van der Waals surface area contributed by atoms with Gasteiger partial charge in [-0.3, -0.25) is 0 Å². The van der Waals surface area contributed by atoms with Crippen molar-refractivity contribution in [3.63, 3.8) is 0 Å². The normalized spacial score (nSPS) is 10.8. The van der Waals surface area contributed by atoms with Gasteiger partial charge in [0.1, 0.15) is 6.33 Å². The van der Waals surface area contributed by atoms with Gasteiger partial charge in [0.25, 0.3) is 5.82 Å². The lowest BCUT2D eigenvalue weighted by molar-refractivity contribution is 0.0683. The molecule has 0 radical (unpaired) electrons. The van der Waals surface area contributed by atoms with E-state index in [9.17, 15) is 4.79 Å².